The third-order valence-electron chi connectivity index (χ3n) is 2.19. The minimum atomic E-state index is -2.25. The summed E-state index contributed by atoms with van der Waals surface area (Å²) in [6, 6.07) is 0. The van der Waals surface area contributed by atoms with Crippen molar-refractivity contribution in [2.75, 3.05) is 0 Å². The first-order valence-corrected chi connectivity index (χ1v) is 21.3. The van der Waals surface area contributed by atoms with Crippen molar-refractivity contribution in [3.8, 4) is 0 Å². The summed E-state index contributed by atoms with van der Waals surface area (Å²) < 4.78 is 31.6. The maximum absolute atomic E-state index is 10.4. The van der Waals surface area contributed by atoms with E-state index in [-0.39, 0.29) is 17.0 Å². The topological polar surface area (TPSA) is 74.2 Å². The maximum Gasteiger partial charge on any atom is 0.477 e. The molecule has 0 rings (SSSR count). The van der Waals surface area contributed by atoms with Crippen LogP contribution < -0.4 is 0 Å². The first-order chi connectivity index (χ1) is 7.57. The molecule has 1 N–H and O–H groups in total. The van der Waals surface area contributed by atoms with Crippen LogP contribution in [0.25, 0.3) is 0 Å². The standard InChI is InChI=1S/C2H18O6Si8/c1-14(2)15(5-3)16(6-9,7-10)13-12-8-11-4/h3,11-15H,1-2,9-10H3. The molecular formula is C2H18O6Si8. The van der Waals surface area contributed by atoms with Crippen molar-refractivity contribution >= 4 is 71.6 Å². The second kappa shape index (κ2) is 9.15. The summed E-state index contributed by atoms with van der Waals surface area (Å²) in [6.07, 6.45) is 0. The van der Waals surface area contributed by atoms with Gasteiger partial charge in [-0.15, -0.1) is 0 Å². The van der Waals surface area contributed by atoms with Gasteiger partial charge in [-0.2, -0.15) is 0 Å². The van der Waals surface area contributed by atoms with Gasteiger partial charge in [0.2, 0.25) is 0 Å². The number of hydrogen-bond donors (Lipinski definition) is 1. The van der Waals surface area contributed by atoms with E-state index in [1.807, 2.05) is 0 Å². The predicted octanol–water partition coefficient (Wildman–Crippen LogP) is -5.21. The van der Waals surface area contributed by atoms with Gasteiger partial charge in [0.1, 0.15) is 21.0 Å². The van der Waals surface area contributed by atoms with Gasteiger partial charge in [-0.3, -0.25) is 9.83 Å². The zero-order chi connectivity index (χ0) is 12.6. The van der Waals surface area contributed by atoms with E-state index in [0.29, 0.717) is 21.0 Å². The molecule has 1 atom stereocenters. The van der Waals surface area contributed by atoms with Crippen LogP contribution in [0.4, 0.5) is 0 Å². The molecule has 0 aromatic heterocycles. The van der Waals surface area contributed by atoms with Crippen molar-refractivity contribution in [1.82, 2.24) is 0 Å². The fraction of sp³-hybridized carbons (Fsp3) is 1.00. The number of rotatable bonds is 8. The summed E-state index contributed by atoms with van der Waals surface area (Å²) in [6.45, 7) is 4.31. The summed E-state index contributed by atoms with van der Waals surface area (Å²) in [5.41, 5.74) is 0. The minimum absolute atomic E-state index is 0.0994. The molecule has 1 unspecified atom stereocenters. The second-order valence-corrected chi connectivity index (χ2v) is 34.7. The van der Waals surface area contributed by atoms with Crippen molar-refractivity contribution < 1.29 is 26.6 Å². The Morgan fingerprint density at radius 2 is 1.88 bits per heavy atom. The van der Waals surface area contributed by atoms with E-state index in [9.17, 15) is 4.46 Å². The van der Waals surface area contributed by atoms with Crippen LogP contribution in [0.15, 0.2) is 0 Å². The van der Waals surface area contributed by atoms with E-state index in [4.69, 9.17) is 22.2 Å². The molecule has 0 aromatic carbocycles. The molecule has 0 spiro atoms. The molecular weight excluding hydrogens is 345 g/mol. The molecule has 6 nitrogen and oxygen atoms in total. The minimum Gasteiger partial charge on any atom is -0.560 e. The van der Waals surface area contributed by atoms with Crippen LogP contribution in [0, 0.1) is 0 Å². The average Bonchev–Trinajstić information content (AvgIpc) is 2.27. The van der Waals surface area contributed by atoms with Crippen molar-refractivity contribution in [2.45, 2.75) is 13.1 Å². The Morgan fingerprint density at radius 3 is 2.19 bits per heavy atom. The molecule has 0 aliphatic heterocycles. The van der Waals surface area contributed by atoms with Gasteiger partial charge < -0.3 is 16.8 Å². The molecule has 0 amide bonds. The lowest BCUT2D eigenvalue weighted by Crippen LogP contribution is -2.66. The summed E-state index contributed by atoms with van der Waals surface area (Å²) in [5.74, 6) is 0. The van der Waals surface area contributed by atoms with Gasteiger partial charge in [-0.25, -0.2) is 0 Å². The van der Waals surface area contributed by atoms with Crippen LogP contribution in [-0.2, 0) is 21.4 Å². The molecule has 0 aliphatic carbocycles. The lowest BCUT2D eigenvalue weighted by molar-refractivity contribution is -0.138. The van der Waals surface area contributed by atoms with Crippen LogP contribution in [-0.4, -0.2) is 76.9 Å². The summed E-state index contributed by atoms with van der Waals surface area (Å²) in [4.78, 5) is 0. The number of hydrogen-bond acceptors (Lipinski definition) is 6. The quantitative estimate of drug-likeness (QED) is 0.264. The van der Waals surface area contributed by atoms with E-state index in [1.165, 1.54) is 0 Å². The SMILES string of the molecule is C[SiH](C)[SiH](OO)[Si](O[SiH3])(O[SiH3])[SiH]=[SiH]O[SiH]=O. The lowest BCUT2D eigenvalue weighted by atomic mass is 11.9. The highest BCUT2D eigenvalue weighted by molar-refractivity contribution is 7.65. The zero-order valence-corrected chi connectivity index (χ0v) is 20.6. The fourth-order valence-electron chi connectivity index (χ4n) is 1.37. The first kappa shape index (κ1) is 17.2. The molecule has 94 valence electrons. The molecule has 0 saturated heterocycles. The third-order valence-corrected chi connectivity index (χ3v) is 56.8. The van der Waals surface area contributed by atoms with Crippen LogP contribution in [0.5, 0.6) is 0 Å². The Kier molecular flexibility index (Phi) is 9.82. The predicted molar refractivity (Wildman–Crippen MR) is 80.8 cm³/mol. The Morgan fingerprint density at radius 1 is 1.31 bits per heavy atom. The first-order valence-electron chi connectivity index (χ1n) is 4.75. The highest BCUT2D eigenvalue weighted by atomic mass is 29.8. The normalized spacial score (nSPS) is 17.8. The largest absolute Gasteiger partial charge is 0.560 e. The molecule has 0 radical (unpaired) electrons. The Balaban J connectivity index is 4.96. The van der Waals surface area contributed by atoms with Gasteiger partial charge in [-0.1, -0.05) is 13.1 Å². The van der Waals surface area contributed by atoms with Crippen molar-refractivity contribution in [3.63, 3.8) is 0 Å². The van der Waals surface area contributed by atoms with Gasteiger partial charge in [0.15, 0.2) is 8.86 Å². The van der Waals surface area contributed by atoms with Gasteiger partial charge in [-0.05, 0) is 0 Å². The highest BCUT2D eigenvalue weighted by Crippen LogP contribution is 2.09. The Labute approximate surface area is 111 Å². The van der Waals surface area contributed by atoms with Crippen LogP contribution >= 0.6 is 0 Å². The third kappa shape index (κ3) is 4.81. The van der Waals surface area contributed by atoms with E-state index in [1.54, 1.807) is 0 Å². The molecule has 0 bridgehead atoms. The Hall–Kier alpha value is 1.18. The van der Waals surface area contributed by atoms with Crippen molar-refractivity contribution in [2.24, 2.45) is 0 Å². The maximum atomic E-state index is 10.4. The van der Waals surface area contributed by atoms with Gasteiger partial charge in [0.25, 0.3) is 8.08 Å². The fourth-order valence-corrected chi connectivity index (χ4v) is 77.5. The molecule has 14 heteroatoms. The highest BCUT2D eigenvalue weighted by Gasteiger charge is 2.46. The molecule has 0 heterocycles. The van der Waals surface area contributed by atoms with Gasteiger partial charge in [0.05, 0.1) is 16.4 Å². The lowest BCUT2D eigenvalue weighted by Gasteiger charge is -2.32. The zero-order valence-electron chi connectivity index (χ0n) is 9.88. The van der Waals surface area contributed by atoms with Crippen LogP contribution in [0.1, 0.15) is 0 Å². The summed E-state index contributed by atoms with van der Waals surface area (Å²) in [7, 11) is -5.35. The van der Waals surface area contributed by atoms with Gasteiger partial charge in [0, 0.05) is 0 Å². The second-order valence-electron chi connectivity index (χ2n) is 3.43. The molecule has 0 aromatic rings. The molecule has 0 fully saturated rings. The van der Waals surface area contributed by atoms with Crippen LogP contribution in [0.2, 0.25) is 13.1 Å². The van der Waals surface area contributed by atoms with E-state index in [2.05, 4.69) is 13.1 Å². The van der Waals surface area contributed by atoms with E-state index in [0.717, 1.165) is 0 Å². The smallest absolute Gasteiger partial charge is 0.477 e. The summed E-state index contributed by atoms with van der Waals surface area (Å²) >= 11 is 0. The van der Waals surface area contributed by atoms with E-state index >= 15 is 0 Å². The monoisotopic (exact) mass is 362 g/mol. The van der Waals surface area contributed by atoms with Crippen molar-refractivity contribution in [1.29, 1.82) is 0 Å². The average molecular weight is 363 g/mol. The van der Waals surface area contributed by atoms with E-state index < -0.39 is 33.6 Å². The van der Waals surface area contributed by atoms with Gasteiger partial charge >= 0.3 is 17.2 Å². The Bertz CT molecular complexity index is 229. The molecule has 16 heavy (non-hydrogen) atoms. The van der Waals surface area contributed by atoms with Crippen molar-refractivity contribution in [3.05, 3.63) is 0 Å². The summed E-state index contributed by atoms with van der Waals surface area (Å²) in [5, 5.41) is 9.08. The van der Waals surface area contributed by atoms with Crippen LogP contribution in [0.3, 0.4) is 0 Å². The molecule has 0 saturated carbocycles. The molecule has 0 aliphatic rings.